The van der Waals surface area contributed by atoms with E-state index in [1.54, 1.807) is 0 Å². The summed E-state index contributed by atoms with van der Waals surface area (Å²) in [5.41, 5.74) is 14.6. The van der Waals surface area contributed by atoms with Gasteiger partial charge in [-0.3, -0.25) is 4.90 Å². The first-order chi connectivity index (χ1) is 10.6. The maximum absolute atomic E-state index is 9.29. The molecule has 1 spiro atoms. The molecule has 0 amide bonds. The minimum Gasteiger partial charge on any atom is -0.392 e. The Hall–Kier alpha value is -2.08. The molecule has 1 aromatic rings. The van der Waals surface area contributed by atoms with E-state index in [1.165, 1.54) is 6.42 Å². The zero-order valence-corrected chi connectivity index (χ0v) is 12.9. The quantitative estimate of drug-likeness (QED) is 0.772. The molecule has 1 saturated carbocycles. The highest BCUT2D eigenvalue weighted by molar-refractivity contribution is 6.06. The number of benzene rings is 1. The summed E-state index contributed by atoms with van der Waals surface area (Å²) < 4.78 is 0. The highest BCUT2D eigenvalue weighted by Gasteiger charge is 2.42. The summed E-state index contributed by atoms with van der Waals surface area (Å²) in [4.78, 5) is 10.9. The van der Waals surface area contributed by atoms with E-state index < -0.39 is 5.66 Å². The normalized spacial score (nSPS) is 20.7. The van der Waals surface area contributed by atoms with Gasteiger partial charge in [-0.2, -0.15) is 4.99 Å². The van der Waals surface area contributed by atoms with Crippen LogP contribution in [0, 0.1) is 6.92 Å². The van der Waals surface area contributed by atoms with Crippen molar-refractivity contribution in [3.8, 4) is 0 Å². The largest absolute Gasteiger partial charge is 0.392 e. The Morgan fingerprint density at radius 2 is 1.95 bits per heavy atom. The molecule has 1 aliphatic carbocycles. The molecule has 0 aromatic heterocycles. The molecule has 22 heavy (non-hydrogen) atoms. The van der Waals surface area contributed by atoms with Gasteiger partial charge in [0.25, 0.3) is 0 Å². The molecule has 6 nitrogen and oxygen atoms in total. The van der Waals surface area contributed by atoms with Crippen LogP contribution in [-0.4, -0.2) is 22.7 Å². The highest BCUT2D eigenvalue weighted by Crippen LogP contribution is 2.40. The fourth-order valence-corrected chi connectivity index (χ4v) is 3.54. The number of aliphatic hydroxyl groups excluding tert-OH is 1. The first-order valence-electron chi connectivity index (χ1n) is 7.76. The molecule has 1 fully saturated rings. The zero-order chi connectivity index (χ0) is 15.7. The molecule has 1 aromatic carbocycles. The number of anilines is 1. The third kappa shape index (κ3) is 2.43. The zero-order valence-electron chi connectivity index (χ0n) is 12.9. The molecule has 1 heterocycles. The van der Waals surface area contributed by atoms with Crippen molar-refractivity contribution >= 4 is 17.6 Å². The van der Waals surface area contributed by atoms with Gasteiger partial charge < -0.3 is 16.6 Å². The van der Waals surface area contributed by atoms with E-state index in [9.17, 15) is 5.11 Å². The average Bonchev–Trinajstić information content (AvgIpc) is 2.48. The van der Waals surface area contributed by atoms with Crippen molar-refractivity contribution in [2.24, 2.45) is 21.5 Å². The number of hydrogen-bond donors (Lipinski definition) is 3. The van der Waals surface area contributed by atoms with Gasteiger partial charge in [-0.25, -0.2) is 4.99 Å². The van der Waals surface area contributed by atoms with E-state index in [4.69, 9.17) is 11.5 Å². The number of nitrogens with two attached hydrogens (primary N) is 2. The van der Waals surface area contributed by atoms with Crippen LogP contribution >= 0.6 is 0 Å². The first-order valence-corrected chi connectivity index (χ1v) is 7.76. The number of aliphatic imine (C=N–C) groups is 2. The monoisotopic (exact) mass is 301 g/mol. The molecule has 0 saturated heterocycles. The Bertz CT molecular complexity index is 631. The van der Waals surface area contributed by atoms with Gasteiger partial charge in [0.1, 0.15) is 5.66 Å². The number of guanidine groups is 2. The van der Waals surface area contributed by atoms with Crippen LogP contribution in [0.5, 0.6) is 0 Å². The van der Waals surface area contributed by atoms with Gasteiger partial charge in [-0.1, -0.05) is 18.6 Å². The second-order valence-corrected chi connectivity index (χ2v) is 6.10. The van der Waals surface area contributed by atoms with Crippen LogP contribution in [0.4, 0.5) is 5.69 Å². The topological polar surface area (TPSA) is 100 Å². The van der Waals surface area contributed by atoms with Crippen LogP contribution in [0.25, 0.3) is 0 Å². The van der Waals surface area contributed by atoms with Crippen molar-refractivity contribution in [3.05, 3.63) is 29.3 Å². The number of hydrogen-bond acceptors (Lipinski definition) is 6. The van der Waals surface area contributed by atoms with Crippen molar-refractivity contribution in [1.29, 1.82) is 0 Å². The van der Waals surface area contributed by atoms with Gasteiger partial charge in [0.05, 0.1) is 6.61 Å². The van der Waals surface area contributed by atoms with Gasteiger partial charge in [0.2, 0.25) is 11.9 Å². The summed E-state index contributed by atoms with van der Waals surface area (Å²) in [6.07, 6.45) is 5.27. The molecule has 3 rings (SSSR count). The van der Waals surface area contributed by atoms with E-state index in [0.717, 1.165) is 42.5 Å². The minimum atomic E-state index is -0.417. The van der Waals surface area contributed by atoms with Gasteiger partial charge in [0, 0.05) is 5.69 Å². The molecule has 5 N–H and O–H groups in total. The summed E-state index contributed by atoms with van der Waals surface area (Å²) >= 11 is 0. The molecule has 0 radical (unpaired) electrons. The lowest BCUT2D eigenvalue weighted by Crippen LogP contribution is -2.58. The standard InChI is InChI=1S/C16H23N5O/c1-11-9-12(10-22)5-6-13(11)21-15(18)19-14(17)20-16(21)7-3-2-4-8-16/h5-6,9,22H,2-4,7-8,10H2,1H3,(H4,17,18,19,20). The maximum Gasteiger partial charge on any atom is 0.220 e. The van der Waals surface area contributed by atoms with Crippen molar-refractivity contribution in [1.82, 2.24) is 0 Å². The van der Waals surface area contributed by atoms with Crippen molar-refractivity contribution in [3.63, 3.8) is 0 Å². The summed E-state index contributed by atoms with van der Waals surface area (Å²) in [5, 5.41) is 9.29. The fourth-order valence-electron chi connectivity index (χ4n) is 3.54. The molecule has 0 unspecified atom stereocenters. The molecule has 2 aliphatic rings. The molecule has 1 aliphatic heterocycles. The maximum atomic E-state index is 9.29. The SMILES string of the molecule is Cc1cc(CO)ccc1N1C(N)=NC(N)=NC12CCCCC2. The van der Waals surface area contributed by atoms with Gasteiger partial charge >= 0.3 is 0 Å². The lowest BCUT2D eigenvalue weighted by molar-refractivity contribution is 0.281. The number of rotatable bonds is 2. The van der Waals surface area contributed by atoms with Gasteiger partial charge in [-0.15, -0.1) is 0 Å². The Labute approximate surface area is 130 Å². The molecule has 0 atom stereocenters. The van der Waals surface area contributed by atoms with E-state index in [0.29, 0.717) is 5.96 Å². The number of aryl methyl sites for hydroxylation is 1. The molecule has 118 valence electrons. The lowest BCUT2D eigenvalue weighted by Gasteiger charge is -2.46. The highest BCUT2D eigenvalue weighted by atomic mass is 16.3. The van der Waals surface area contributed by atoms with E-state index in [1.807, 2.05) is 30.0 Å². The van der Waals surface area contributed by atoms with Crippen LogP contribution in [0.2, 0.25) is 0 Å². The Kier molecular flexibility index (Phi) is 3.78. The van der Waals surface area contributed by atoms with Gasteiger partial charge in [0.15, 0.2) is 0 Å². The second-order valence-electron chi connectivity index (χ2n) is 6.10. The molecule has 0 bridgehead atoms. The van der Waals surface area contributed by atoms with E-state index in [-0.39, 0.29) is 12.6 Å². The minimum absolute atomic E-state index is 0.0287. The van der Waals surface area contributed by atoms with E-state index in [2.05, 4.69) is 9.98 Å². The second kappa shape index (κ2) is 5.61. The third-order valence-electron chi connectivity index (χ3n) is 4.54. The van der Waals surface area contributed by atoms with Crippen LogP contribution in [0.3, 0.4) is 0 Å². The summed E-state index contributed by atoms with van der Waals surface area (Å²) in [6.45, 7) is 2.04. The molecule has 6 heteroatoms. The fraction of sp³-hybridized carbons (Fsp3) is 0.500. The Morgan fingerprint density at radius 1 is 1.23 bits per heavy atom. The molecular formula is C16H23N5O. The van der Waals surface area contributed by atoms with Gasteiger partial charge in [-0.05, 0) is 49.8 Å². The summed E-state index contributed by atoms with van der Waals surface area (Å²) in [5.74, 6) is 0.662. The Morgan fingerprint density at radius 3 is 2.59 bits per heavy atom. The number of aliphatic hydroxyl groups is 1. The predicted molar refractivity (Wildman–Crippen MR) is 88.6 cm³/mol. The Balaban J connectivity index is 2.08. The lowest BCUT2D eigenvalue weighted by atomic mass is 9.87. The van der Waals surface area contributed by atoms with Crippen LogP contribution in [0.15, 0.2) is 28.2 Å². The van der Waals surface area contributed by atoms with Crippen molar-refractivity contribution in [2.45, 2.75) is 51.3 Å². The van der Waals surface area contributed by atoms with Crippen molar-refractivity contribution in [2.75, 3.05) is 4.90 Å². The number of nitrogens with zero attached hydrogens (tertiary/aromatic N) is 3. The van der Waals surface area contributed by atoms with E-state index >= 15 is 0 Å². The summed E-state index contributed by atoms with van der Waals surface area (Å²) in [7, 11) is 0. The van der Waals surface area contributed by atoms with Crippen LogP contribution < -0.4 is 16.4 Å². The van der Waals surface area contributed by atoms with Crippen molar-refractivity contribution < 1.29 is 5.11 Å². The predicted octanol–water partition coefficient (Wildman–Crippen LogP) is 1.60. The smallest absolute Gasteiger partial charge is 0.220 e. The third-order valence-corrected chi connectivity index (χ3v) is 4.54. The molecular weight excluding hydrogens is 278 g/mol. The summed E-state index contributed by atoms with van der Waals surface area (Å²) in [6, 6.07) is 5.87. The van der Waals surface area contributed by atoms with Crippen LogP contribution in [0.1, 0.15) is 43.2 Å². The first kappa shape index (κ1) is 14.8. The average molecular weight is 301 g/mol. The van der Waals surface area contributed by atoms with Crippen LogP contribution in [-0.2, 0) is 6.61 Å².